The van der Waals surface area contributed by atoms with Crippen molar-refractivity contribution >= 4 is 21.5 Å². The lowest BCUT2D eigenvalue weighted by atomic mass is 9.72. The van der Waals surface area contributed by atoms with Crippen LogP contribution >= 0.6 is 0 Å². The Morgan fingerprint density at radius 2 is 0.595 bits per heavy atom. The van der Waals surface area contributed by atoms with Gasteiger partial charge in [0.05, 0.1) is 0 Å². The summed E-state index contributed by atoms with van der Waals surface area (Å²) in [5, 5.41) is 5.54. The lowest BCUT2D eigenvalue weighted by Crippen LogP contribution is -2.12. The summed E-state index contributed by atoms with van der Waals surface area (Å²) >= 11 is 0. The topological polar surface area (TPSA) is 31.6 Å². The Morgan fingerprint density at radius 3 is 1.05 bits per heavy atom. The van der Waals surface area contributed by atoms with Gasteiger partial charge in [0.15, 0.2) is 0 Å². The largest absolute Gasteiger partial charge is 0.355 e. The van der Waals surface area contributed by atoms with Crippen LogP contribution in [0.4, 0.5) is 0 Å². The van der Waals surface area contributed by atoms with Gasteiger partial charge in [-0.15, -0.1) is 0 Å². The van der Waals surface area contributed by atoms with Crippen LogP contribution in [0.15, 0.2) is 200 Å². The molecule has 0 atom stereocenters. The quantitative estimate of drug-likeness (QED) is 0.144. The van der Waals surface area contributed by atoms with Gasteiger partial charge in [0.2, 0.25) is 0 Å². The van der Waals surface area contributed by atoms with E-state index in [4.69, 9.17) is 0 Å². The van der Waals surface area contributed by atoms with Crippen LogP contribution in [0.2, 0.25) is 0 Å². The maximum absolute atomic E-state index is 3.85. The third-order valence-electron chi connectivity index (χ3n) is 17.1. The molecule has 0 bridgehead atoms. The molecule has 2 aromatic heterocycles. The van der Waals surface area contributed by atoms with Gasteiger partial charge in [-0.25, -0.2) is 0 Å². The maximum Gasteiger partial charge on any atom is 0.0459 e. The SMILES string of the molecule is c1ccc(-c2cc(-c3c4c(c(-c5c6c(c(-c7cc(-c8ccc(-c9ccccc9)[nH]8)cc(-c8ccc(-c9ccccc9)[nH]8)c7)c7ccccc57)CCCC6)c5ccccc35)CCCC4)cc(C3CCCCC3)c2)cc1. The predicted molar refractivity (Wildman–Crippen MR) is 313 cm³/mol. The Bertz CT molecular complexity index is 3770. The van der Waals surface area contributed by atoms with Crippen molar-refractivity contribution in [3.63, 3.8) is 0 Å². The highest BCUT2D eigenvalue weighted by atomic mass is 14.7. The monoisotopic (exact) mass is 954 g/mol. The second kappa shape index (κ2) is 19.2. The maximum atomic E-state index is 3.85. The van der Waals surface area contributed by atoms with E-state index < -0.39 is 0 Å². The molecule has 0 saturated heterocycles. The average molecular weight is 955 g/mol. The van der Waals surface area contributed by atoms with Crippen LogP contribution < -0.4 is 0 Å². The first kappa shape index (κ1) is 44.7. The Hall–Kier alpha value is -7.94. The van der Waals surface area contributed by atoms with E-state index in [0.29, 0.717) is 5.92 Å². The zero-order chi connectivity index (χ0) is 49.0. The van der Waals surface area contributed by atoms with Crippen LogP contribution in [0, 0.1) is 0 Å². The molecule has 0 aliphatic heterocycles. The zero-order valence-corrected chi connectivity index (χ0v) is 42.3. The number of rotatable bonds is 9. The summed E-state index contributed by atoms with van der Waals surface area (Å²) in [7, 11) is 0. The molecular weight excluding hydrogens is 893 g/mol. The predicted octanol–water partition coefficient (Wildman–Crippen LogP) is 19.8. The van der Waals surface area contributed by atoms with Crippen LogP contribution in [-0.2, 0) is 25.7 Å². The first-order valence-corrected chi connectivity index (χ1v) is 27.7. The van der Waals surface area contributed by atoms with Crippen molar-refractivity contribution in [2.24, 2.45) is 0 Å². The molecule has 2 heteroatoms. The highest BCUT2D eigenvalue weighted by molar-refractivity contribution is 6.16. The summed E-state index contributed by atoms with van der Waals surface area (Å²) in [6, 6.07) is 75.6. The number of H-pyrrole nitrogens is 2. The van der Waals surface area contributed by atoms with Crippen molar-refractivity contribution in [1.29, 1.82) is 0 Å². The molecule has 2 nitrogen and oxygen atoms in total. The summed E-state index contributed by atoms with van der Waals surface area (Å²) < 4.78 is 0. The molecule has 11 aromatic rings. The Kier molecular flexibility index (Phi) is 11.6. The van der Waals surface area contributed by atoms with Crippen molar-refractivity contribution in [2.75, 3.05) is 0 Å². The fraction of sp³-hybridized carbons (Fsp3) is 0.194. The van der Waals surface area contributed by atoms with Crippen LogP contribution in [0.1, 0.15) is 91.5 Å². The van der Waals surface area contributed by atoms with Gasteiger partial charge in [-0.3, -0.25) is 0 Å². The molecule has 14 rings (SSSR count). The van der Waals surface area contributed by atoms with Gasteiger partial charge < -0.3 is 9.97 Å². The molecule has 2 heterocycles. The molecule has 2 N–H and O–H groups in total. The second-order valence-corrected chi connectivity index (χ2v) is 21.6. The normalized spacial score (nSPS) is 14.8. The molecule has 9 aromatic carbocycles. The third-order valence-corrected chi connectivity index (χ3v) is 17.1. The van der Waals surface area contributed by atoms with E-state index in [1.165, 1.54) is 157 Å². The second-order valence-electron chi connectivity index (χ2n) is 21.6. The van der Waals surface area contributed by atoms with Gasteiger partial charge in [-0.05, 0) is 235 Å². The number of aromatic amines is 2. The van der Waals surface area contributed by atoms with E-state index in [9.17, 15) is 0 Å². The molecule has 0 unspecified atom stereocenters. The number of nitrogens with one attached hydrogen (secondary N) is 2. The lowest BCUT2D eigenvalue weighted by molar-refractivity contribution is 0.444. The van der Waals surface area contributed by atoms with Crippen molar-refractivity contribution in [1.82, 2.24) is 9.97 Å². The summed E-state index contributed by atoms with van der Waals surface area (Å²) in [5.41, 5.74) is 28.3. The molecule has 1 saturated carbocycles. The number of hydrogen-bond donors (Lipinski definition) is 2. The molecule has 0 spiro atoms. The van der Waals surface area contributed by atoms with Gasteiger partial charge in [0, 0.05) is 22.8 Å². The minimum atomic E-state index is 0.616. The Morgan fingerprint density at radius 1 is 0.257 bits per heavy atom. The molecule has 360 valence electrons. The highest BCUT2D eigenvalue weighted by Crippen LogP contribution is 2.52. The molecule has 1 fully saturated rings. The molecule has 74 heavy (non-hydrogen) atoms. The molecule has 3 aliphatic rings. The van der Waals surface area contributed by atoms with Crippen molar-refractivity contribution in [2.45, 2.75) is 89.4 Å². The number of aromatic nitrogens is 2. The van der Waals surface area contributed by atoms with Gasteiger partial charge in [-0.1, -0.05) is 171 Å². The van der Waals surface area contributed by atoms with Gasteiger partial charge in [0.25, 0.3) is 0 Å². The first-order chi connectivity index (χ1) is 36.7. The van der Waals surface area contributed by atoms with Crippen molar-refractivity contribution in [3.05, 3.63) is 228 Å². The minimum absolute atomic E-state index is 0.616. The Balaban J connectivity index is 0.996. The van der Waals surface area contributed by atoms with Crippen LogP contribution in [0.5, 0.6) is 0 Å². The van der Waals surface area contributed by atoms with Gasteiger partial charge in [0.1, 0.15) is 0 Å². The van der Waals surface area contributed by atoms with E-state index in [1.54, 1.807) is 16.7 Å². The van der Waals surface area contributed by atoms with E-state index >= 15 is 0 Å². The van der Waals surface area contributed by atoms with Crippen LogP contribution in [0.3, 0.4) is 0 Å². The van der Waals surface area contributed by atoms with E-state index in [1.807, 2.05) is 0 Å². The number of fused-ring (bicyclic) bond motifs is 4. The number of hydrogen-bond acceptors (Lipinski definition) is 0. The third kappa shape index (κ3) is 8.03. The van der Waals surface area contributed by atoms with E-state index in [0.717, 1.165) is 48.5 Å². The van der Waals surface area contributed by atoms with E-state index in [2.05, 4.69) is 210 Å². The summed E-state index contributed by atoms with van der Waals surface area (Å²) in [6.45, 7) is 0. The first-order valence-electron chi connectivity index (χ1n) is 27.7. The van der Waals surface area contributed by atoms with Gasteiger partial charge >= 0.3 is 0 Å². The van der Waals surface area contributed by atoms with Crippen LogP contribution in [0.25, 0.3) is 111 Å². The molecular formula is C72H62N2. The van der Waals surface area contributed by atoms with Crippen LogP contribution in [-0.4, -0.2) is 9.97 Å². The summed E-state index contributed by atoms with van der Waals surface area (Å²) in [4.78, 5) is 7.69. The Labute approximate surface area is 436 Å². The van der Waals surface area contributed by atoms with Crippen molar-refractivity contribution < 1.29 is 0 Å². The highest BCUT2D eigenvalue weighted by Gasteiger charge is 2.30. The molecule has 0 amide bonds. The fourth-order valence-electron chi connectivity index (χ4n) is 13.7. The summed E-state index contributed by atoms with van der Waals surface area (Å²) in [6.07, 6.45) is 15.8. The standard InChI is InChI=1S/C72H62N2/c1-5-21-47(22-6-1)51-41-52(48-23-7-2-8-24-48)43-55(42-51)69-57-29-13-17-33-61(57)71(62-34-18-14-30-58(62)69)72-63-35-19-15-31-59(63)70(60-32-16-20-36-64(60)72)56-45-53(67-39-37-65(73-67)49-25-9-3-10-26-49)44-54(46-56)68-40-38-66(74-68)50-27-11-4-12-28-50/h1,3-6,9-13,15,17,19,21-22,25-29,31,33,35,37-46,48,73-74H,2,7-8,14,16,18,20,23-24,30,32,34,36H2. The average Bonchev–Trinajstić information content (AvgIpc) is 4.21. The zero-order valence-electron chi connectivity index (χ0n) is 42.3. The van der Waals surface area contributed by atoms with Crippen molar-refractivity contribution in [3.8, 4) is 89.5 Å². The number of benzene rings is 9. The van der Waals surface area contributed by atoms with Gasteiger partial charge in [-0.2, -0.15) is 0 Å². The lowest BCUT2D eigenvalue weighted by Gasteiger charge is -2.31. The fourth-order valence-corrected chi connectivity index (χ4v) is 13.7. The smallest absolute Gasteiger partial charge is 0.0459 e. The summed E-state index contributed by atoms with van der Waals surface area (Å²) in [5.74, 6) is 0.616. The molecule has 3 aliphatic carbocycles. The minimum Gasteiger partial charge on any atom is -0.355 e. The molecule has 0 radical (unpaired) electrons. The van der Waals surface area contributed by atoms with E-state index in [-0.39, 0.29) is 0 Å².